The number of alkyl carbamates (subject to hydrolysis) is 1. The van der Waals surface area contributed by atoms with Gasteiger partial charge in [0.25, 0.3) is 0 Å². The van der Waals surface area contributed by atoms with Crippen molar-refractivity contribution in [3.63, 3.8) is 0 Å². The summed E-state index contributed by atoms with van der Waals surface area (Å²) in [7, 11) is 0. The number of halogens is 1. The van der Waals surface area contributed by atoms with E-state index in [2.05, 4.69) is 5.32 Å². The van der Waals surface area contributed by atoms with Crippen LogP contribution in [0.1, 0.15) is 50.5 Å². The predicted octanol–water partition coefficient (Wildman–Crippen LogP) is 3.58. The van der Waals surface area contributed by atoms with Crippen molar-refractivity contribution in [2.24, 2.45) is 5.41 Å². The van der Waals surface area contributed by atoms with E-state index < -0.39 is 6.17 Å². The van der Waals surface area contributed by atoms with Gasteiger partial charge < -0.3 is 15.0 Å². The Bertz CT molecular complexity index is 684. The van der Waals surface area contributed by atoms with Crippen molar-refractivity contribution in [2.75, 3.05) is 13.1 Å². The van der Waals surface area contributed by atoms with E-state index in [0.717, 1.165) is 44.1 Å². The molecule has 1 N–H and O–H groups in total. The van der Waals surface area contributed by atoms with Crippen LogP contribution in [0.3, 0.4) is 0 Å². The highest BCUT2D eigenvalue weighted by atomic mass is 19.1. The molecule has 0 spiro atoms. The van der Waals surface area contributed by atoms with Crippen LogP contribution in [0, 0.1) is 5.41 Å². The number of nitrogens with zero attached hydrogens (tertiary/aromatic N) is 1. The molecule has 2 bridgehead atoms. The maximum Gasteiger partial charge on any atom is 0.407 e. The summed E-state index contributed by atoms with van der Waals surface area (Å²) in [5.74, 6) is 0.127. The summed E-state index contributed by atoms with van der Waals surface area (Å²) in [6.07, 6.45) is 3.83. The molecule has 1 unspecified atom stereocenters. The smallest absolute Gasteiger partial charge is 0.407 e. The van der Waals surface area contributed by atoms with Gasteiger partial charge in [0.15, 0.2) is 0 Å². The van der Waals surface area contributed by atoms with E-state index in [0.29, 0.717) is 13.0 Å². The summed E-state index contributed by atoms with van der Waals surface area (Å²) in [6.45, 7) is 1.04. The number of hydrogen-bond donors (Lipinski definition) is 1. The zero-order valence-electron chi connectivity index (χ0n) is 15.6. The van der Waals surface area contributed by atoms with Gasteiger partial charge in [-0.2, -0.15) is 0 Å². The second-order valence-corrected chi connectivity index (χ2v) is 8.38. The third kappa shape index (κ3) is 3.66. The van der Waals surface area contributed by atoms with Crippen LogP contribution in [-0.4, -0.2) is 41.7 Å². The minimum atomic E-state index is -0.877. The summed E-state index contributed by atoms with van der Waals surface area (Å²) in [6, 6.07) is 9.61. The van der Waals surface area contributed by atoms with Gasteiger partial charge in [0.1, 0.15) is 12.8 Å². The van der Waals surface area contributed by atoms with Crippen LogP contribution in [0.4, 0.5) is 9.18 Å². The number of nitrogens with one attached hydrogen (secondary N) is 1. The maximum atomic E-state index is 13.5. The Hall–Kier alpha value is -2.11. The van der Waals surface area contributed by atoms with Crippen LogP contribution in [0.2, 0.25) is 0 Å². The van der Waals surface area contributed by atoms with Gasteiger partial charge in [0.05, 0.1) is 6.54 Å². The molecule has 6 heteroatoms. The molecule has 4 fully saturated rings. The fraction of sp³-hybridized carbons (Fsp3) is 0.619. The van der Waals surface area contributed by atoms with Crippen molar-refractivity contribution >= 4 is 12.0 Å². The molecule has 4 aliphatic rings. The number of alkyl halides is 1. The summed E-state index contributed by atoms with van der Waals surface area (Å²) < 4.78 is 18.9. The number of ether oxygens (including phenoxy) is 1. The Morgan fingerprint density at radius 2 is 1.78 bits per heavy atom. The van der Waals surface area contributed by atoms with Gasteiger partial charge in [-0.1, -0.05) is 30.3 Å². The second-order valence-electron chi connectivity index (χ2n) is 8.38. The number of fused-ring (bicyclic) bond motifs is 3. The number of carbonyl (C=O) groups excluding carboxylic acids is 2. The first-order valence-corrected chi connectivity index (χ1v) is 9.93. The lowest BCUT2D eigenvalue weighted by atomic mass is 9.56. The van der Waals surface area contributed by atoms with Crippen LogP contribution in [-0.2, 0) is 16.1 Å². The molecular formula is C21H27FN2O3. The van der Waals surface area contributed by atoms with E-state index in [9.17, 15) is 14.0 Å². The molecule has 3 saturated carbocycles. The molecule has 1 heterocycles. The van der Waals surface area contributed by atoms with Gasteiger partial charge in [-0.3, -0.25) is 4.79 Å². The predicted molar refractivity (Wildman–Crippen MR) is 98.7 cm³/mol. The van der Waals surface area contributed by atoms with Crippen LogP contribution in [0.25, 0.3) is 0 Å². The SMILES string of the molecule is O=C(NC12CCC(C(=O)N3CCC(F)C3)(CC1)CC2)OCc1ccccc1. The van der Waals surface area contributed by atoms with Gasteiger partial charge in [-0.25, -0.2) is 9.18 Å². The van der Waals surface area contributed by atoms with E-state index in [1.165, 1.54) is 0 Å². The molecular weight excluding hydrogens is 347 g/mol. The molecule has 1 aromatic carbocycles. The van der Waals surface area contributed by atoms with Crippen molar-refractivity contribution in [1.29, 1.82) is 0 Å². The standard InChI is InChI=1S/C21H27FN2O3/c22-17-6-13-24(14-17)18(25)20-7-10-21(11-8-20,12-9-20)23-19(26)27-15-16-4-2-1-3-5-16/h1-5,17H,6-15H2,(H,23,26). The van der Waals surface area contributed by atoms with E-state index >= 15 is 0 Å². The summed E-state index contributed by atoms with van der Waals surface area (Å²) in [5.41, 5.74) is 0.351. The van der Waals surface area contributed by atoms with Gasteiger partial charge in [-0.05, 0) is 50.5 Å². The highest BCUT2D eigenvalue weighted by molar-refractivity contribution is 5.83. The highest BCUT2D eigenvalue weighted by Crippen LogP contribution is 2.53. The molecule has 1 aromatic rings. The maximum absolute atomic E-state index is 13.5. The lowest BCUT2D eigenvalue weighted by Gasteiger charge is -2.53. The third-order valence-electron chi connectivity index (χ3n) is 6.70. The molecule has 146 valence electrons. The van der Waals surface area contributed by atoms with Crippen molar-refractivity contribution in [1.82, 2.24) is 10.2 Å². The van der Waals surface area contributed by atoms with Crippen molar-refractivity contribution in [3.8, 4) is 0 Å². The zero-order chi connectivity index (χ0) is 18.9. The number of amides is 2. The Morgan fingerprint density at radius 3 is 2.37 bits per heavy atom. The van der Waals surface area contributed by atoms with Crippen LogP contribution in [0.15, 0.2) is 30.3 Å². The number of benzene rings is 1. The van der Waals surface area contributed by atoms with E-state index in [4.69, 9.17) is 4.74 Å². The molecule has 27 heavy (non-hydrogen) atoms. The molecule has 5 nitrogen and oxygen atoms in total. The Kier molecular flexibility index (Phi) is 4.82. The van der Waals surface area contributed by atoms with Gasteiger partial charge >= 0.3 is 6.09 Å². The number of likely N-dealkylation sites (tertiary alicyclic amines) is 1. The minimum absolute atomic E-state index is 0.127. The topological polar surface area (TPSA) is 58.6 Å². The molecule has 1 atom stereocenters. The van der Waals surface area contributed by atoms with Gasteiger partial charge in [0.2, 0.25) is 5.91 Å². The normalized spacial score (nSPS) is 32.3. The first-order chi connectivity index (χ1) is 13.0. The fourth-order valence-electron chi connectivity index (χ4n) is 4.91. The third-order valence-corrected chi connectivity index (χ3v) is 6.70. The number of carbonyl (C=O) groups is 2. The molecule has 3 aliphatic carbocycles. The lowest BCUT2D eigenvalue weighted by Crippen LogP contribution is -2.60. The average Bonchev–Trinajstić information content (AvgIpc) is 3.14. The minimum Gasteiger partial charge on any atom is -0.445 e. The van der Waals surface area contributed by atoms with E-state index in [1.807, 2.05) is 30.3 Å². The molecule has 2 amide bonds. The van der Waals surface area contributed by atoms with Crippen molar-refractivity contribution in [2.45, 2.75) is 63.3 Å². The van der Waals surface area contributed by atoms with E-state index in [-0.39, 0.29) is 36.1 Å². The van der Waals surface area contributed by atoms with Gasteiger partial charge in [-0.15, -0.1) is 0 Å². The zero-order valence-corrected chi connectivity index (χ0v) is 15.6. The summed E-state index contributed by atoms with van der Waals surface area (Å²) >= 11 is 0. The first-order valence-electron chi connectivity index (χ1n) is 9.93. The second kappa shape index (κ2) is 7.13. The molecule has 0 aromatic heterocycles. The van der Waals surface area contributed by atoms with Crippen LogP contribution in [0.5, 0.6) is 0 Å². The quantitative estimate of drug-likeness (QED) is 0.876. The molecule has 1 saturated heterocycles. The summed E-state index contributed by atoms with van der Waals surface area (Å²) in [5, 5.41) is 3.08. The molecule has 5 rings (SSSR count). The highest BCUT2D eigenvalue weighted by Gasteiger charge is 2.54. The molecule has 0 radical (unpaired) electrons. The number of rotatable bonds is 4. The monoisotopic (exact) mass is 374 g/mol. The van der Waals surface area contributed by atoms with Crippen molar-refractivity contribution < 1.29 is 18.7 Å². The van der Waals surface area contributed by atoms with E-state index in [1.54, 1.807) is 4.90 Å². The Morgan fingerprint density at radius 1 is 1.11 bits per heavy atom. The van der Waals surface area contributed by atoms with Gasteiger partial charge in [0, 0.05) is 17.5 Å². The first kappa shape index (κ1) is 18.3. The van der Waals surface area contributed by atoms with Crippen LogP contribution >= 0.6 is 0 Å². The van der Waals surface area contributed by atoms with Crippen molar-refractivity contribution in [3.05, 3.63) is 35.9 Å². The largest absolute Gasteiger partial charge is 0.445 e. The lowest BCUT2D eigenvalue weighted by molar-refractivity contribution is -0.148. The Balaban J connectivity index is 1.31. The fourth-order valence-corrected chi connectivity index (χ4v) is 4.91. The summed E-state index contributed by atoms with van der Waals surface area (Å²) in [4.78, 5) is 26.9. The Labute approximate surface area is 159 Å². The number of hydrogen-bond acceptors (Lipinski definition) is 3. The van der Waals surface area contributed by atoms with Crippen LogP contribution < -0.4 is 5.32 Å². The molecule has 1 aliphatic heterocycles. The average molecular weight is 374 g/mol.